The normalized spacial score (nSPS) is 16.2. The Morgan fingerprint density at radius 1 is 1.78 bits per heavy atom. The number of carboxylic acid groups (broad SMARTS) is 1. The van der Waals surface area contributed by atoms with E-state index in [1.54, 1.807) is 0 Å². The first-order chi connectivity index (χ1) is 4.06. The highest BCUT2D eigenvalue weighted by Crippen LogP contribution is 2.02. The summed E-state index contributed by atoms with van der Waals surface area (Å²) in [6.45, 7) is 0.933. The molecule has 3 N–H and O–H groups in total. The lowest BCUT2D eigenvalue weighted by Gasteiger charge is -2.11. The van der Waals surface area contributed by atoms with Crippen molar-refractivity contribution in [1.29, 1.82) is 0 Å². The standard InChI is InChI=1S/C3H6N2O4/c1-3(4-8,5-9)2(6)7/h4,8H,1H3,(H,6,7). The first-order valence-electron chi connectivity index (χ1n) is 2.06. The Hall–Kier alpha value is -1.01. The summed E-state index contributed by atoms with van der Waals surface area (Å²) in [6.07, 6.45) is 0. The number of hydroxylamine groups is 1. The summed E-state index contributed by atoms with van der Waals surface area (Å²) in [7, 11) is 0. The summed E-state index contributed by atoms with van der Waals surface area (Å²) in [5.74, 6) is -1.53. The maximum Gasteiger partial charge on any atom is 0.352 e. The molecular formula is C3H6N2O4. The van der Waals surface area contributed by atoms with Crippen LogP contribution in [-0.4, -0.2) is 21.9 Å². The molecule has 0 saturated heterocycles. The number of nitroso groups, excluding NO2 is 1. The topological polar surface area (TPSA) is 99.0 Å². The van der Waals surface area contributed by atoms with Crippen LogP contribution in [0.1, 0.15) is 6.92 Å². The lowest BCUT2D eigenvalue weighted by atomic mass is 10.2. The Balaban J connectivity index is 4.27. The number of hydrogen-bond donors (Lipinski definition) is 3. The monoisotopic (exact) mass is 134 g/mol. The molecule has 0 aliphatic carbocycles. The first kappa shape index (κ1) is 7.99. The van der Waals surface area contributed by atoms with Crippen LogP contribution in [0.3, 0.4) is 0 Å². The van der Waals surface area contributed by atoms with Gasteiger partial charge in [-0.25, -0.2) is 4.79 Å². The van der Waals surface area contributed by atoms with Crippen LogP contribution in [0.2, 0.25) is 0 Å². The summed E-state index contributed by atoms with van der Waals surface area (Å²) in [5.41, 5.74) is -0.876. The second kappa shape index (κ2) is 2.51. The molecule has 0 fully saturated rings. The first-order valence-corrected chi connectivity index (χ1v) is 2.06. The molecule has 1 atom stereocenters. The van der Waals surface area contributed by atoms with E-state index in [0.29, 0.717) is 0 Å². The molecular weight excluding hydrogens is 128 g/mol. The van der Waals surface area contributed by atoms with Gasteiger partial charge < -0.3 is 10.3 Å². The van der Waals surface area contributed by atoms with Crippen LogP contribution in [0, 0.1) is 4.91 Å². The van der Waals surface area contributed by atoms with Crippen LogP contribution in [0.4, 0.5) is 0 Å². The molecule has 0 aromatic carbocycles. The summed E-state index contributed by atoms with van der Waals surface area (Å²) in [4.78, 5) is 19.6. The Morgan fingerprint density at radius 3 is 2.22 bits per heavy atom. The van der Waals surface area contributed by atoms with Crippen LogP contribution in [-0.2, 0) is 4.79 Å². The fourth-order valence-electron chi connectivity index (χ4n) is 0.107. The van der Waals surface area contributed by atoms with Gasteiger partial charge in [0.2, 0.25) is 0 Å². The second-order valence-corrected chi connectivity index (χ2v) is 1.58. The number of aliphatic carboxylic acids is 1. The van der Waals surface area contributed by atoms with Gasteiger partial charge in [-0.1, -0.05) is 0 Å². The summed E-state index contributed by atoms with van der Waals surface area (Å²) >= 11 is 0. The third-order valence-corrected chi connectivity index (χ3v) is 0.817. The number of hydrogen-bond acceptors (Lipinski definition) is 5. The van der Waals surface area contributed by atoms with Crippen molar-refractivity contribution in [2.45, 2.75) is 12.6 Å². The van der Waals surface area contributed by atoms with Gasteiger partial charge >= 0.3 is 5.97 Å². The Kier molecular flexibility index (Phi) is 2.23. The number of rotatable bonds is 3. The highest BCUT2D eigenvalue weighted by molar-refractivity contribution is 5.77. The third-order valence-electron chi connectivity index (χ3n) is 0.817. The third kappa shape index (κ3) is 1.44. The Labute approximate surface area is 50.4 Å². The molecule has 0 saturated carbocycles. The molecule has 52 valence electrons. The van der Waals surface area contributed by atoms with Crippen molar-refractivity contribution in [1.82, 2.24) is 5.48 Å². The molecule has 0 bridgehead atoms. The van der Waals surface area contributed by atoms with Gasteiger partial charge in [-0.3, -0.25) is 0 Å². The average molecular weight is 134 g/mol. The molecule has 0 radical (unpaired) electrons. The minimum absolute atomic E-state index is 0.933. The maximum absolute atomic E-state index is 9.97. The van der Waals surface area contributed by atoms with E-state index in [-0.39, 0.29) is 0 Å². The molecule has 6 heteroatoms. The highest BCUT2D eigenvalue weighted by Gasteiger charge is 2.33. The van der Waals surface area contributed by atoms with Crippen LogP contribution >= 0.6 is 0 Å². The zero-order valence-corrected chi connectivity index (χ0v) is 4.66. The minimum Gasteiger partial charge on any atom is -0.478 e. The van der Waals surface area contributed by atoms with Crippen molar-refractivity contribution in [3.05, 3.63) is 4.91 Å². The van der Waals surface area contributed by atoms with Crippen molar-refractivity contribution < 1.29 is 15.1 Å². The van der Waals surface area contributed by atoms with Gasteiger partial charge in [0.1, 0.15) is 0 Å². The van der Waals surface area contributed by atoms with Crippen molar-refractivity contribution >= 4 is 5.97 Å². The van der Waals surface area contributed by atoms with Gasteiger partial charge in [-0.05, 0) is 12.1 Å². The summed E-state index contributed by atoms with van der Waals surface area (Å²) in [5, 5.41) is 18.3. The van der Waals surface area contributed by atoms with E-state index in [1.165, 1.54) is 5.48 Å². The van der Waals surface area contributed by atoms with E-state index in [4.69, 9.17) is 10.3 Å². The fourth-order valence-corrected chi connectivity index (χ4v) is 0.107. The lowest BCUT2D eigenvalue weighted by Crippen LogP contribution is -2.45. The van der Waals surface area contributed by atoms with Crippen LogP contribution < -0.4 is 5.48 Å². The van der Waals surface area contributed by atoms with Crippen LogP contribution in [0.5, 0.6) is 0 Å². The van der Waals surface area contributed by atoms with E-state index >= 15 is 0 Å². The number of carboxylic acids is 1. The summed E-state index contributed by atoms with van der Waals surface area (Å²) < 4.78 is 0. The van der Waals surface area contributed by atoms with Crippen molar-refractivity contribution in [2.75, 3.05) is 0 Å². The smallest absolute Gasteiger partial charge is 0.352 e. The zero-order valence-electron chi connectivity index (χ0n) is 4.66. The largest absolute Gasteiger partial charge is 0.478 e. The van der Waals surface area contributed by atoms with E-state index < -0.39 is 11.6 Å². The van der Waals surface area contributed by atoms with Gasteiger partial charge in [-0.15, -0.1) is 4.91 Å². The minimum atomic E-state index is -2.12. The van der Waals surface area contributed by atoms with E-state index in [9.17, 15) is 9.70 Å². The molecule has 0 amide bonds. The Bertz CT molecular complexity index is 136. The van der Waals surface area contributed by atoms with Gasteiger partial charge in [-0.2, -0.15) is 5.48 Å². The molecule has 6 nitrogen and oxygen atoms in total. The van der Waals surface area contributed by atoms with E-state index in [2.05, 4.69) is 5.18 Å². The van der Waals surface area contributed by atoms with Crippen molar-refractivity contribution in [2.24, 2.45) is 5.18 Å². The van der Waals surface area contributed by atoms with Gasteiger partial charge in [0, 0.05) is 0 Å². The van der Waals surface area contributed by atoms with Gasteiger partial charge in [0.25, 0.3) is 5.66 Å². The Morgan fingerprint density at radius 2 is 2.22 bits per heavy atom. The average Bonchev–Trinajstić information content (AvgIpc) is 1.86. The molecule has 9 heavy (non-hydrogen) atoms. The molecule has 0 spiro atoms. The fraction of sp³-hybridized carbons (Fsp3) is 0.667. The van der Waals surface area contributed by atoms with Crippen LogP contribution in [0.25, 0.3) is 0 Å². The van der Waals surface area contributed by atoms with Crippen molar-refractivity contribution in [3.63, 3.8) is 0 Å². The van der Waals surface area contributed by atoms with Crippen LogP contribution in [0.15, 0.2) is 5.18 Å². The SMILES string of the molecule is CC(N=O)(NO)C(=O)O. The lowest BCUT2D eigenvalue weighted by molar-refractivity contribution is -0.148. The molecule has 1 unspecified atom stereocenters. The zero-order chi connectivity index (χ0) is 7.49. The molecule has 0 aromatic rings. The molecule has 0 aliphatic rings. The molecule has 0 rings (SSSR count). The predicted octanol–water partition coefficient (Wildman–Crippen LogP) is -0.468. The number of carbonyl (C=O) groups is 1. The highest BCUT2D eigenvalue weighted by atomic mass is 16.5. The van der Waals surface area contributed by atoms with E-state index in [1.807, 2.05) is 0 Å². The van der Waals surface area contributed by atoms with Crippen molar-refractivity contribution in [3.8, 4) is 0 Å². The predicted molar refractivity (Wildman–Crippen MR) is 26.8 cm³/mol. The molecule has 0 heterocycles. The second-order valence-electron chi connectivity index (χ2n) is 1.58. The number of nitrogens with zero attached hydrogens (tertiary/aromatic N) is 1. The quantitative estimate of drug-likeness (QED) is 0.358. The summed E-state index contributed by atoms with van der Waals surface area (Å²) in [6, 6.07) is 0. The maximum atomic E-state index is 9.97. The number of nitrogens with one attached hydrogen (secondary N) is 1. The van der Waals surface area contributed by atoms with Gasteiger partial charge in [0.15, 0.2) is 0 Å². The molecule has 0 aromatic heterocycles. The van der Waals surface area contributed by atoms with E-state index in [0.717, 1.165) is 6.92 Å². The molecule has 0 aliphatic heterocycles. The van der Waals surface area contributed by atoms with Gasteiger partial charge in [0.05, 0.1) is 0 Å².